The predicted octanol–water partition coefficient (Wildman–Crippen LogP) is 2.93. The molecule has 2 amide bonds. The Morgan fingerprint density at radius 2 is 1.62 bits per heavy atom. The molecule has 0 aliphatic heterocycles. The number of carbonyl (C=O) groups excluding carboxylic acids is 2. The summed E-state index contributed by atoms with van der Waals surface area (Å²) >= 11 is 0. The topological polar surface area (TPSA) is 96.0 Å². The van der Waals surface area contributed by atoms with E-state index in [0.717, 1.165) is 10.6 Å². The zero-order valence-corrected chi connectivity index (χ0v) is 20.9. The molecule has 2 rings (SSSR count). The molecule has 2 aromatic rings. The molecule has 0 aliphatic carbocycles. The summed E-state index contributed by atoms with van der Waals surface area (Å²) in [5, 5.41) is 2.77. The highest BCUT2D eigenvalue weighted by molar-refractivity contribution is 7.92. The Bertz CT molecular complexity index is 1070. The third-order valence-corrected chi connectivity index (χ3v) is 6.12. The molecule has 0 bridgehead atoms. The average molecular weight is 494 g/mol. The van der Waals surface area contributed by atoms with Crippen molar-refractivity contribution >= 4 is 27.5 Å². The summed E-state index contributed by atoms with van der Waals surface area (Å²) in [5.74, 6) is -0.804. The van der Waals surface area contributed by atoms with E-state index >= 15 is 0 Å². The largest absolute Gasteiger partial charge is 0.494 e. The van der Waals surface area contributed by atoms with Crippen LogP contribution in [0.5, 0.6) is 5.75 Å². The number of nitrogens with one attached hydrogen (secondary N) is 1. The SMILES string of the molecule is CCOc1ccc(N(CC(=O)N(Cc2ccc(F)cc2)[C@@H](C)C(=O)NC(C)C)S(C)(=O)=O)cc1. The zero-order chi connectivity index (χ0) is 25.5. The number of carbonyl (C=O) groups is 2. The standard InChI is InChI=1S/C24H32FN3O5S/c1-6-33-22-13-11-21(12-14-22)28(34(5,31)32)16-23(29)27(18(4)24(30)26-17(2)3)15-19-7-9-20(25)10-8-19/h7-14,17-18H,6,15-16H2,1-5H3,(H,26,30)/t18-/m0/s1. The summed E-state index contributed by atoms with van der Waals surface area (Å²) in [6, 6.07) is 10.9. The van der Waals surface area contributed by atoms with Crippen LogP contribution in [0.15, 0.2) is 48.5 Å². The first-order valence-corrected chi connectivity index (χ1v) is 12.8. The number of benzene rings is 2. The average Bonchev–Trinajstić information content (AvgIpc) is 2.76. The Morgan fingerprint density at radius 1 is 1.03 bits per heavy atom. The third kappa shape index (κ3) is 7.72. The fraction of sp³-hybridized carbons (Fsp3) is 0.417. The minimum atomic E-state index is -3.82. The third-order valence-electron chi connectivity index (χ3n) is 4.98. The van der Waals surface area contributed by atoms with E-state index in [1.165, 1.54) is 29.2 Å². The molecule has 1 N–H and O–H groups in total. The first-order valence-electron chi connectivity index (χ1n) is 11.0. The van der Waals surface area contributed by atoms with Gasteiger partial charge in [-0.2, -0.15) is 0 Å². The lowest BCUT2D eigenvalue weighted by atomic mass is 10.1. The van der Waals surface area contributed by atoms with Gasteiger partial charge in [0.2, 0.25) is 21.8 Å². The van der Waals surface area contributed by atoms with Gasteiger partial charge in [0.15, 0.2) is 0 Å². The number of sulfonamides is 1. The van der Waals surface area contributed by atoms with Crippen LogP contribution in [-0.2, 0) is 26.2 Å². The van der Waals surface area contributed by atoms with E-state index < -0.39 is 34.3 Å². The Morgan fingerprint density at radius 3 is 2.12 bits per heavy atom. The molecule has 0 fully saturated rings. The summed E-state index contributed by atoms with van der Waals surface area (Å²) in [6.45, 7) is 6.97. The number of nitrogens with zero attached hydrogens (tertiary/aromatic N) is 2. The van der Waals surface area contributed by atoms with Crippen LogP contribution in [0.3, 0.4) is 0 Å². The van der Waals surface area contributed by atoms with E-state index in [0.29, 0.717) is 23.6 Å². The molecule has 0 aromatic heterocycles. The molecule has 0 spiro atoms. The Hall–Kier alpha value is -3.14. The summed E-state index contributed by atoms with van der Waals surface area (Å²) in [7, 11) is -3.82. The number of hydrogen-bond donors (Lipinski definition) is 1. The van der Waals surface area contributed by atoms with Gasteiger partial charge in [0.25, 0.3) is 0 Å². The number of ether oxygens (including phenoxy) is 1. The monoisotopic (exact) mass is 493 g/mol. The van der Waals surface area contributed by atoms with Gasteiger partial charge in [-0.25, -0.2) is 12.8 Å². The fourth-order valence-corrected chi connectivity index (χ4v) is 4.11. The molecule has 10 heteroatoms. The minimum absolute atomic E-state index is 0.00662. The molecule has 0 aliphatic rings. The van der Waals surface area contributed by atoms with Crippen molar-refractivity contribution in [3.05, 3.63) is 59.9 Å². The van der Waals surface area contributed by atoms with Crippen LogP contribution in [0.25, 0.3) is 0 Å². The van der Waals surface area contributed by atoms with Gasteiger partial charge in [0.05, 0.1) is 18.6 Å². The highest BCUT2D eigenvalue weighted by atomic mass is 32.2. The molecule has 8 nitrogen and oxygen atoms in total. The molecule has 0 unspecified atom stereocenters. The summed E-state index contributed by atoms with van der Waals surface area (Å²) in [4.78, 5) is 27.4. The van der Waals surface area contributed by atoms with E-state index in [1.807, 2.05) is 6.92 Å². The van der Waals surface area contributed by atoms with Crippen molar-refractivity contribution in [2.24, 2.45) is 0 Å². The molecule has 0 radical (unpaired) electrons. The van der Waals surface area contributed by atoms with Crippen LogP contribution in [0, 0.1) is 5.82 Å². The normalized spacial score (nSPS) is 12.2. The quantitative estimate of drug-likeness (QED) is 0.519. The van der Waals surface area contributed by atoms with E-state index in [4.69, 9.17) is 4.74 Å². The molecular weight excluding hydrogens is 461 g/mol. The summed E-state index contributed by atoms with van der Waals surface area (Å²) in [5.41, 5.74) is 0.895. The molecular formula is C24H32FN3O5S. The van der Waals surface area contributed by atoms with Gasteiger partial charge in [0, 0.05) is 12.6 Å². The lowest BCUT2D eigenvalue weighted by Crippen LogP contribution is -2.52. The minimum Gasteiger partial charge on any atom is -0.494 e. The van der Waals surface area contributed by atoms with Crippen molar-refractivity contribution in [3.63, 3.8) is 0 Å². The second-order valence-corrected chi connectivity index (χ2v) is 10.1. The summed E-state index contributed by atoms with van der Waals surface area (Å²) in [6.07, 6.45) is 1.01. The van der Waals surface area contributed by atoms with Crippen LogP contribution in [0.4, 0.5) is 10.1 Å². The van der Waals surface area contributed by atoms with E-state index in [-0.39, 0.29) is 18.5 Å². The maximum Gasteiger partial charge on any atom is 0.244 e. The highest BCUT2D eigenvalue weighted by Crippen LogP contribution is 2.22. The van der Waals surface area contributed by atoms with Gasteiger partial charge in [-0.1, -0.05) is 12.1 Å². The van der Waals surface area contributed by atoms with Crippen LogP contribution in [0.1, 0.15) is 33.3 Å². The fourth-order valence-electron chi connectivity index (χ4n) is 3.26. The van der Waals surface area contributed by atoms with E-state index in [1.54, 1.807) is 45.0 Å². The molecule has 0 saturated carbocycles. The van der Waals surface area contributed by atoms with Crippen molar-refractivity contribution in [1.82, 2.24) is 10.2 Å². The lowest BCUT2D eigenvalue weighted by Gasteiger charge is -2.32. The van der Waals surface area contributed by atoms with Crippen molar-refractivity contribution in [1.29, 1.82) is 0 Å². The molecule has 1 atom stereocenters. The number of anilines is 1. The van der Waals surface area contributed by atoms with E-state index in [2.05, 4.69) is 5.32 Å². The van der Waals surface area contributed by atoms with Crippen LogP contribution >= 0.6 is 0 Å². The lowest BCUT2D eigenvalue weighted by molar-refractivity contribution is -0.139. The smallest absolute Gasteiger partial charge is 0.244 e. The van der Waals surface area contributed by atoms with Crippen molar-refractivity contribution in [2.75, 3.05) is 23.7 Å². The highest BCUT2D eigenvalue weighted by Gasteiger charge is 2.30. The van der Waals surface area contributed by atoms with Gasteiger partial charge in [0.1, 0.15) is 24.2 Å². The second-order valence-electron chi connectivity index (χ2n) is 8.18. The first-order chi connectivity index (χ1) is 15.9. The zero-order valence-electron chi connectivity index (χ0n) is 20.1. The molecule has 186 valence electrons. The Kier molecular flexibility index (Phi) is 9.43. The molecule has 0 saturated heterocycles. The Labute approximate surface area is 200 Å². The predicted molar refractivity (Wildman–Crippen MR) is 129 cm³/mol. The Balaban J connectivity index is 2.35. The van der Waals surface area contributed by atoms with Gasteiger partial charge in [-0.15, -0.1) is 0 Å². The number of amides is 2. The van der Waals surface area contributed by atoms with Crippen LogP contribution in [0.2, 0.25) is 0 Å². The van der Waals surface area contributed by atoms with Crippen molar-refractivity contribution < 1.29 is 27.1 Å². The summed E-state index contributed by atoms with van der Waals surface area (Å²) < 4.78 is 44.8. The van der Waals surface area contributed by atoms with Crippen molar-refractivity contribution in [3.8, 4) is 5.75 Å². The van der Waals surface area contributed by atoms with Gasteiger partial charge in [-0.3, -0.25) is 13.9 Å². The molecule has 0 heterocycles. The number of rotatable bonds is 11. The first kappa shape index (κ1) is 27.1. The van der Waals surface area contributed by atoms with Crippen LogP contribution < -0.4 is 14.4 Å². The molecule has 34 heavy (non-hydrogen) atoms. The number of hydrogen-bond acceptors (Lipinski definition) is 5. The van der Waals surface area contributed by atoms with Crippen LogP contribution in [-0.4, -0.2) is 56.6 Å². The maximum atomic E-state index is 13.4. The number of halogens is 1. The molecule has 2 aromatic carbocycles. The van der Waals surface area contributed by atoms with Gasteiger partial charge < -0.3 is 15.0 Å². The van der Waals surface area contributed by atoms with E-state index in [9.17, 15) is 22.4 Å². The van der Waals surface area contributed by atoms with Crippen molar-refractivity contribution in [2.45, 2.75) is 46.3 Å². The maximum absolute atomic E-state index is 13.4. The second kappa shape index (κ2) is 11.8. The van der Waals surface area contributed by atoms with Gasteiger partial charge >= 0.3 is 0 Å². The van der Waals surface area contributed by atoms with Gasteiger partial charge in [-0.05, 0) is 69.7 Å².